The largest absolute Gasteiger partial charge is 0.457 e. The third kappa shape index (κ3) is 2.96. The third-order valence-electron chi connectivity index (χ3n) is 5.49. The van der Waals surface area contributed by atoms with Gasteiger partial charge in [-0.1, -0.05) is 50.2 Å². The molecule has 1 atom stereocenters. The standard InChI is InChI=1S/C25H18N2O2/c1-4-15(2)16-8-10-17(11-9-16)29-22-13-12-19-23-18(22)6-5-7-20(23)25(28)24(19)21(14-26)27-3/h5-13,15H,4H2,1-2H3/b24-21-. The zero-order chi connectivity index (χ0) is 20.5. The molecule has 0 bridgehead atoms. The van der Waals surface area contributed by atoms with Gasteiger partial charge in [-0.05, 0) is 41.5 Å². The minimum Gasteiger partial charge on any atom is -0.457 e. The Morgan fingerprint density at radius 2 is 1.83 bits per heavy atom. The lowest BCUT2D eigenvalue weighted by atomic mass is 9.99. The van der Waals surface area contributed by atoms with E-state index >= 15 is 0 Å². The number of hydrogen-bond acceptors (Lipinski definition) is 3. The molecule has 1 unspecified atom stereocenters. The van der Waals surface area contributed by atoms with Crippen molar-refractivity contribution in [3.63, 3.8) is 0 Å². The van der Waals surface area contributed by atoms with E-state index in [1.165, 1.54) is 5.56 Å². The van der Waals surface area contributed by atoms with Gasteiger partial charge in [-0.2, -0.15) is 0 Å². The van der Waals surface area contributed by atoms with Crippen LogP contribution in [0.3, 0.4) is 0 Å². The van der Waals surface area contributed by atoms with Crippen LogP contribution in [0.25, 0.3) is 32.1 Å². The molecule has 4 aromatic carbocycles. The van der Waals surface area contributed by atoms with E-state index in [0.717, 1.165) is 22.9 Å². The molecule has 0 saturated carbocycles. The van der Waals surface area contributed by atoms with Gasteiger partial charge in [0.2, 0.25) is 0 Å². The van der Waals surface area contributed by atoms with Crippen LogP contribution in [0.4, 0.5) is 0 Å². The Morgan fingerprint density at radius 1 is 1.10 bits per heavy atom. The van der Waals surface area contributed by atoms with Crippen LogP contribution < -0.4 is 15.4 Å². The second-order valence-electron chi connectivity index (χ2n) is 7.10. The first-order valence-electron chi connectivity index (χ1n) is 9.49. The van der Waals surface area contributed by atoms with E-state index in [-0.39, 0.29) is 16.3 Å². The van der Waals surface area contributed by atoms with Gasteiger partial charge >= 0.3 is 0 Å². The topological polar surface area (TPSA) is 54.5 Å². The molecule has 0 amide bonds. The molecule has 4 heteroatoms. The van der Waals surface area contributed by atoms with Crippen LogP contribution in [0.1, 0.15) is 31.7 Å². The van der Waals surface area contributed by atoms with Gasteiger partial charge in [0.25, 0.3) is 5.70 Å². The van der Waals surface area contributed by atoms with Crippen molar-refractivity contribution in [3.05, 3.63) is 87.0 Å². The Morgan fingerprint density at radius 3 is 2.48 bits per heavy atom. The van der Waals surface area contributed by atoms with E-state index in [2.05, 4.69) is 30.8 Å². The Labute approximate surface area is 168 Å². The first-order valence-corrected chi connectivity index (χ1v) is 9.49. The van der Waals surface area contributed by atoms with Crippen molar-refractivity contribution in [1.82, 2.24) is 0 Å². The maximum atomic E-state index is 12.8. The highest BCUT2D eigenvalue weighted by atomic mass is 16.5. The Balaban J connectivity index is 1.88. The van der Waals surface area contributed by atoms with E-state index in [4.69, 9.17) is 11.3 Å². The Bertz CT molecular complexity index is 1390. The molecule has 0 heterocycles. The van der Waals surface area contributed by atoms with Crippen molar-refractivity contribution in [2.24, 2.45) is 0 Å². The summed E-state index contributed by atoms with van der Waals surface area (Å²) < 4.78 is 6.13. The Kier molecular flexibility index (Phi) is 4.63. The van der Waals surface area contributed by atoms with Gasteiger partial charge < -0.3 is 4.74 Å². The normalized spacial score (nSPS) is 13.1. The molecule has 0 aliphatic carbocycles. The lowest BCUT2D eigenvalue weighted by Gasteiger charge is -2.12. The van der Waals surface area contributed by atoms with Crippen LogP contribution >= 0.6 is 0 Å². The number of ether oxygens (including phenoxy) is 1. The van der Waals surface area contributed by atoms with Crippen LogP contribution in [-0.4, -0.2) is 0 Å². The van der Waals surface area contributed by atoms with E-state index < -0.39 is 0 Å². The number of nitrogens with zero attached hydrogens (tertiary/aromatic N) is 2. The minimum atomic E-state index is -0.284. The fraction of sp³-hybridized carbons (Fsp3) is 0.160. The smallest absolute Gasteiger partial charge is 0.273 e. The van der Waals surface area contributed by atoms with Crippen molar-refractivity contribution in [2.45, 2.75) is 26.2 Å². The molecule has 0 spiro atoms. The molecule has 0 aromatic heterocycles. The molecule has 140 valence electrons. The third-order valence-corrected chi connectivity index (χ3v) is 5.49. The molecule has 4 rings (SSSR count). The van der Waals surface area contributed by atoms with Gasteiger partial charge in [0, 0.05) is 21.4 Å². The average molecular weight is 378 g/mol. The van der Waals surface area contributed by atoms with Crippen molar-refractivity contribution >= 4 is 27.2 Å². The summed E-state index contributed by atoms with van der Waals surface area (Å²) in [7, 11) is 0. The molecule has 29 heavy (non-hydrogen) atoms. The number of hydrogen-bond donors (Lipinski definition) is 0. The van der Waals surface area contributed by atoms with Gasteiger partial charge in [-0.3, -0.25) is 4.79 Å². The lowest BCUT2D eigenvalue weighted by molar-refractivity contribution is 0.488. The van der Waals surface area contributed by atoms with Crippen LogP contribution in [-0.2, 0) is 0 Å². The highest BCUT2D eigenvalue weighted by molar-refractivity contribution is 6.14. The molecular formula is C25H18N2O2. The highest BCUT2D eigenvalue weighted by Crippen LogP contribution is 2.34. The quantitative estimate of drug-likeness (QED) is 0.449. The fourth-order valence-electron chi connectivity index (χ4n) is 3.72. The van der Waals surface area contributed by atoms with E-state index in [1.54, 1.807) is 24.3 Å². The SMILES string of the molecule is [C-]#[N+]/C(C#N)=c1\c(=O)c2cccc3c(Oc4ccc(C(C)CC)cc4)ccc1c32. The summed E-state index contributed by atoms with van der Waals surface area (Å²) in [4.78, 5) is 16.1. The summed E-state index contributed by atoms with van der Waals surface area (Å²) in [6, 6.07) is 18.9. The van der Waals surface area contributed by atoms with Crippen LogP contribution in [0, 0.1) is 17.9 Å². The predicted octanol–water partition coefficient (Wildman–Crippen LogP) is 5.37. The summed E-state index contributed by atoms with van der Waals surface area (Å²) >= 11 is 0. The maximum absolute atomic E-state index is 12.8. The first kappa shape index (κ1) is 18.5. The minimum absolute atomic E-state index is 0.179. The van der Waals surface area contributed by atoms with Crippen LogP contribution in [0.2, 0.25) is 0 Å². The van der Waals surface area contributed by atoms with Gasteiger partial charge in [0.15, 0.2) is 5.43 Å². The Hall–Kier alpha value is -3.89. The van der Waals surface area contributed by atoms with Crippen molar-refractivity contribution in [3.8, 4) is 17.6 Å². The zero-order valence-electron chi connectivity index (χ0n) is 16.2. The summed E-state index contributed by atoms with van der Waals surface area (Å²) in [5.41, 5.74) is 0.804. The zero-order valence-corrected chi connectivity index (χ0v) is 16.2. The van der Waals surface area contributed by atoms with E-state index in [0.29, 0.717) is 22.4 Å². The molecular weight excluding hydrogens is 360 g/mol. The van der Waals surface area contributed by atoms with E-state index in [1.807, 2.05) is 24.3 Å². The molecule has 4 aromatic rings. The summed E-state index contributed by atoms with van der Waals surface area (Å²) in [6.07, 6.45) is 1.08. The second-order valence-corrected chi connectivity index (χ2v) is 7.10. The average Bonchev–Trinajstić information content (AvgIpc) is 3.04. The molecule has 4 nitrogen and oxygen atoms in total. The number of nitriles is 1. The maximum Gasteiger partial charge on any atom is 0.273 e. The van der Waals surface area contributed by atoms with Gasteiger partial charge in [0.1, 0.15) is 11.5 Å². The molecule has 0 saturated heterocycles. The molecule has 0 N–H and O–H groups in total. The van der Waals surface area contributed by atoms with Gasteiger partial charge in [-0.25, -0.2) is 10.1 Å². The monoisotopic (exact) mass is 378 g/mol. The molecule has 0 fully saturated rings. The first-order chi connectivity index (χ1) is 14.1. The van der Waals surface area contributed by atoms with Crippen molar-refractivity contribution in [1.29, 1.82) is 5.26 Å². The van der Waals surface area contributed by atoms with Crippen molar-refractivity contribution in [2.75, 3.05) is 0 Å². The summed E-state index contributed by atoms with van der Waals surface area (Å²) in [6.45, 7) is 11.6. The van der Waals surface area contributed by atoms with Crippen LogP contribution in [0.5, 0.6) is 11.5 Å². The lowest BCUT2D eigenvalue weighted by Crippen LogP contribution is -2.21. The van der Waals surface area contributed by atoms with Crippen LogP contribution in [0.15, 0.2) is 59.4 Å². The van der Waals surface area contributed by atoms with Gasteiger partial charge in [-0.15, -0.1) is 0 Å². The number of benzene rings is 3. The van der Waals surface area contributed by atoms with Crippen molar-refractivity contribution < 1.29 is 4.74 Å². The molecule has 0 aliphatic rings. The summed E-state index contributed by atoms with van der Waals surface area (Å²) in [5.74, 6) is 1.85. The fourth-order valence-corrected chi connectivity index (χ4v) is 3.72. The number of rotatable bonds is 4. The molecule has 0 radical (unpaired) electrons. The highest BCUT2D eigenvalue weighted by Gasteiger charge is 2.17. The van der Waals surface area contributed by atoms with Gasteiger partial charge in [0.05, 0.1) is 12.6 Å². The molecule has 0 aliphatic heterocycles. The summed E-state index contributed by atoms with van der Waals surface area (Å²) in [5, 5.41) is 12.1. The second kappa shape index (κ2) is 7.26. The predicted molar refractivity (Wildman–Crippen MR) is 115 cm³/mol. The van der Waals surface area contributed by atoms with E-state index in [9.17, 15) is 10.1 Å².